The quantitative estimate of drug-likeness (QED) is 0.848. The molecule has 1 aliphatic carbocycles. The summed E-state index contributed by atoms with van der Waals surface area (Å²) in [5.74, 6) is 0.803. The van der Waals surface area contributed by atoms with Gasteiger partial charge in [0.05, 0.1) is 6.61 Å². The molecule has 0 aromatic carbocycles. The summed E-state index contributed by atoms with van der Waals surface area (Å²) in [5, 5.41) is 5.67. The molecular weight excluding hydrogens is 280 g/mol. The van der Waals surface area contributed by atoms with Gasteiger partial charge in [-0.3, -0.25) is 0 Å². The molecule has 3 rings (SSSR count). The van der Waals surface area contributed by atoms with Crippen molar-refractivity contribution in [1.29, 1.82) is 0 Å². The van der Waals surface area contributed by atoms with E-state index in [-0.39, 0.29) is 0 Å². The molecule has 4 heteroatoms. The normalized spacial score (nSPS) is 14.4. The molecule has 2 heterocycles. The summed E-state index contributed by atoms with van der Waals surface area (Å²) in [4.78, 5) is 5.95. The predicted octanol–water partition coefficient (Wildman–Crippen LogP) is 3.63. The van der Waals surface area contributed by atoms with Crippen molar-refractivity contribution >= 4 is 11.3 Å². The van der Waals surface area contributed by atoms with Crippen LogP contribution in [0.25, 0.3) is 0 Å². The fourth-order valence-electron chi connectivity index (χ4n) is 2.40. The van der Waals surface area contributed by atoms with Gasteiger partial charge in [0, 0.05) is 35.1 Å². The minimum atomic E-state index is 0.687. The topological polar surface area (TPSA) is 34.1 Å². The van der Waals surface area contributed by atoms with Crippen molar-refractivity contribution in [2.45, 2.75) is 45.7 Å². The molecule has 0 atom stereocenters. The molecule has 2 aromatic heterocycles. The predicted molar refractivity (Wildman–Crippen MR) is 87.1 cm³/mol. The highest BCUT2D eigenvalue weighted by Crippen LogP contribution is 2.24. The first kappa shape index (κ1) is 14.5. The Morgan fingerprint density at radius 2 is 2.24 bits per heavy atom. The van der Waals surface area contributed by atoms with Gasteiger partial charge < -0.3 is 10.1 Å². The number of thiophene rings is 1. The molecule has 1 saturated carbocycles. The second-order valence-corrected chi connectivity index (χ2v) is 6.73. The minimum Gasteiger partial charge on any atom is -0.477 e. The van der Waals surface area contributed by atoms with Crippen molar-refractivity contribution in [2.75, 3.05) is 6.61 Å². The third-order valence-electron chi connectivity index (χ3n) is 3.75. The highest BCUT2D eigenvalue weighted by Gasteiger charge is 2.21. The first-order valence-corrected chi connectivity index (χ1v) is 8.46. The number of hydrogen-bond donors (Lipinski definition) is 1. The number of aryl methyl sites for hydroxylation is 2. The summed E-state index contributed by atoms with van der Waals surface area (Å²) >= 11 is 1.78. The molecule has 2 aromatic rings. The van der Waals surface area contributed by atoms with E-state index in [2.05, 4.69) is 40.8 Å². The zero-order chi connectivity index (χ0) is 14.7. The molecule has 1 N–H and O–H groups in total. The van der Waals surface area contributed by atoms with Gasteiger partial charge in [0.2, 0.25) is 5.88 Å². The zero-order valence-corrected chi connectivity index (χ0v) is 13.5. The Labute approximate surface area is 130 Å². The van der Waals surface area contributed by atoms with E-state index in [1.807, 2.05) is 6.92 Å². The van der Waals surface area contributed by atoms with E-state index < -0.39 is 0 Å². The number of aromatic nitrogens is 1. The molecule has 21 heavy (non-hydrogen) atoms. The van der Waals surface area contributed by atoms with Crippen LogP contribution >= 0.6 is 11.3 Å². The number of ether oxygens (including phenoxy) is 1. The van der Waals surface area contributed by atoms with E-state index in [0.717, 1.165) is 24.5 Å². The van der Waals surface area contributed by atoms with Crippen LogP contribution in [-0.4, -0.2) is 17.6 Å². The third-order valence-corrected chi connectivity index (χ3v) is 4.69. The van der Waals surface area contributed by atoms with Crippen LogP contribution in [0.15, 0.2) is 23.6 Å². The molecule has 112 valence electrons. The van der Waals surface area contributed by atoms with Crippen LogP contribution in [0, 0.1) is 13.8 Å². The monoisotopic (exact) mass is 302 g/mol. The summed E-state index contributed by atoms with van der Waals surface area (Å²) < 4.78 is 5.98. The third kappa shape index (κ3) is 4.05. The second-order valence-electron chi connectivity index (χ2n) is 5.70. The summed E-state index contributed by atoms with van der Waals surface area (Å²) in [6.07, 6.45) is 3.54. The molecule has 0 unspecified atom stereocenters. The van der Waals surface area contributed by atoms with Crippen molar-refractivity contribution in [3.63, 3.8) is 0 Å². The van der Waals surface area contributed by atoms with Gasteiger partial charge >= 0.3 is 0 Å². The van der Waals surface area contributed by atoms with Crippen LogP contribution in [0.5, 0.6) is 5.88 Å². The van der Waals surface area contributed by atoms with E-state index in [4.69, 9.17) is 4.74 Å². The maximum absolute atomic E-state index is 5.98. The van der Waals surface area contributed by atoms with Crippen molar-refractivity contribution in [3.05, 3.63) is 45.3 Å². The number of pyridine rings is 1. The Morgan fingerprint density at radius 1 is 1.38 bits per heavy atom. The van der Waals surface area contributed by atoms with Gasteiger partial charge in [-0.1, -0.05) is 6.07 Å². The zero-order valence-electron chi connectivity index (χ0n) is 12.7. The first-order valence-electron chi connectivity index (χ1n) is 7.58. The van der Waals surface area contributed by atoms with Crippen molar-refractivity contribution in [2.24, 2.45) is 0 Å². The van der Waals surface area contributed by atoms with Crippen LogP contribution in [0.4, 0.5) is 0 Å². The lowest BCUT2D eigenvalue weighted by atomic mass is 10.1. The van der Waals surface area contributed by atoms with Gasteiger partial charge in [0.25, 0.3) is 0 Å². The lowest BCUT2D eigenvalue weighted by molar-refractivity contribution is 0.305. The first-order chi connectivity index (χ1) is 10.2. The van der Waals surface area contributed by atoms with Gasteiger partial charge in [-0.05, 0) is 49.8 Å². The van der Waals surface area contributed by atoms with Gasteiger partial charge in [-0.15, -0.1) is 11.3 Å². The van der Waals surface area contributed by atoms with Crippen LogP contribution in [0.3, 0.4) is 0 Å². The van der Waals surface area contributed by atoms with E-state index in [9.17, 15) is 0 Å². The van der Waals surface area contributed by atoms with Gasteiger partial charge in [0.15, 0.2) is 0 Å². The van der Waals surface area contributed by atoms with Crippen molar-refractivity contribution in [3.8, 4) is 5.88 Å². The Bertz CT molecular complexity index is 591. The van der Waals surface area contributed by atoms with Crippen LogP contribution in [0.2, 0.25) is 0 Å². The number of nitrogens with one attached hydrogen (secondary N) is 1. The second kappa shape index (κ2) is 6.58. The highest BCUT2D eigenvalue weighted by atomic mass is 32.1. The molecule has 0 aliphatic heterocycles. The lowest BCUT2D eigenvalue weighted by Gasteiger charge is -2.14. The maximum Gasteiger partial charge on any atom is 0.218 e. The summed E-state index contributed by atoms with van der Waals surface area (Å²) in [5.41, 5.74) is 3.49. The average molecular weight is 302 g/mol. The average Bonchev–Trinajstić information content (AvgIpc) is 3.12. The van der Waals surface area contributed by atoms with Gasteiger partial charge in [-0.25, -0.2) is 4.98 Å². The maximum atomic E-state index is 5.98. The van der Waals surface area contributed by atoms with E-state index in [0.29, 0.717) is 12.6 Å². The van der Waals surface area contributed by atoms with Crippen LogP contribution < -0.4 is 10.1 Å². The fourth-order valence-corrected chi connectivity index (χ4v) is 3.09. The SMILES string of the molecule is Cc1cc(C)c(CNC2CC2)c(OCCc2cccs2)n1. The molecule has 0 amide bonds. The number of rotatable bonds is 7. The molecule has 3 nitrogen and oxygen atoms in total. The number of hydrogen-bond acceptors (Lipinski definition) is 4. The number of nitrogens with zero attached hydrogens (tertiary/aromatic N) is 1. The molecule has 0 spiro atoms. The Morgan fingerprint density at radius 3 is 2.95 bits per heavy atom. The van der Waals surface area contributed by atoms with Crippen LogP contribution in [0.1, 0.15) is 34.5 Å². The fraction of sp³-hybridized carbons (Fsp3) is 0.471. The van der Waals surface area contributed by atoms with Crippen LogP contribution in [-0.2, 0) is 13.0 Å². The van der Waals surface area contributed by atoms with Gasteiger partial charge in [-0.2, -0.15) is 0 Å². The standard InChI is InChI=1S/C17H22N2OS/c1-12-10-13(2)19-17(16(12)11-18-14-5-6-14)20-8-7-15-4-3-9-21-15/h3-4,9-10,14,18H,5-8,11H2,1-2H3. The van der Waals surface area contributed by atoms with Crippen molar-refractivity contribution < 1.29 is 4.74 Å². The summed E-state index contributed by atoms with van der Waals surface area (Å²) in [7, 11) is 0. The smallest absolute Gasteiger partial charge is 0.218 e. The molecular formula is C17H22N2OS. The summed E-state index contributed by atoms with van der Waals surface area (Å²) in [6.45, 7) is 5.72. The Kier molecular flexibility index (Phi) is 4.56. The van der Waals surface area contributed by atoms with E-state index >= 15 is 0 Å². The Balaban J connectivity index is 1.65. The molecule has 1 fully saturated rings. The van der Waals surface area contributed by atoms with E-state index in [1.54, 1.807) is 11.3 Å². The largest absolute Gasteiger partial charge is 0.477 e. The van der Waals surface area contributed by atoms with Gasteiger partial charge in [0.1, 0.15) is 0 Å². The van der Waals surface area contributed by atoms with Crippen molar-refractivity contribution in [1.82, 2.24) is 10.3 Å². The summed E-state index contributed by atoms with van der Waals surface area (Å²) in [6, 6.07) is 7.07. The lowest BCUT2D eigenvalue weighted by Crippen LogP contribution is -2.18. The molecule has 0 radical (unpaired) electrons. The highest BCUT2D eigenvalue weighted by molar-refractivity contribution is 7.09. The molecule has 1 aliphatic rings. The Hall–Kier alpha value is -1.39. The molecule has 0 saturated heterocycles. The molecule has 0 bridgehead atoms. The minimum absolute atomic E-state index is 0.687. The van der Waals surface area contributed by atoms with E-state index in [1.165, 1.54) is 28.8 Å².